The first-order chi connectivity index (χ1) is 17.4. The number of nitro benzene ring substituents is 1. The Morgan fingerprint density at radius 1 is 1.00 bits per heavy atom. The van der Waals surface area contributed by atoms with Gasteiger partial charge in [0.1, 0.15) is 5.69 Å². The number of carbonyl (C=O) groups is 1. The molecule has 180 valence electrons. The van der Waals surface area contributed by atoms with E-state index in [1.54, 1.807) is 23.2 Å². The van der Waals surface area contributed by atoms with Gasteiger partial charge in [-0.05, 0) is 54.2 Å². The Labute approximate surface area is 219 Å². The predicted octanol–water partition coefficient (Wildman–Crippen LogP) is 5.53. The summed E-state index contributed by atoms with van der Waals surface area (Å²) in [5.74, 6) is -0.649. The summed E-state index contributed by atoms with van der Waals surface area (Å²) in [6, 6.07) is 23.3. The third kappa shape index (κ3) is 4.16. The first kappa shape index (κ1) is 23.8. The van der Waals surface area contributed by atoms with Crippen LogP contribution in [0.1, 0.15) is 5.56 Å². The van der Waals surface area contributed by atoms with E-state index >= 15 is 0 Å². The van der Waals surface area contributed by atoms with Crippen molar-refractivity contribution in [1.82, 2.24) is 0 Å². The molecule has 1 spiro atoms. The number of nitrogens with zero attached hydrogens (tertiary/aromatic N) is 5. The molecule has 3 aromatic carbocycles. The van der Waals surface area contributed by atoms with Crippen LogP contribution in [0.2, 0.25) is 0 Å². The molecule has 9 nitrogen and oxygen atoms in total. The highest BCUT2D eigenvalue weighted by atomic mass is 79.9. The Morgan fingerprint density at radius 2 is 1.69 bits per heavy atom. The number of esters is 1. The van der Waals surface area contributed by atoms with Gasteiger partial charge in [0.05, 0.1) is 23.4 Å². The van der Waals surface area contributed by atoms with Gasteiger partial charge in [0, 0.05) is 16.1 Å². The molecule has 1 atom stereocenters. The number of hydrazone groups is 2. The summed E-state index contributed by atoms with van der Waals surface area (Å²) in [6.45, 7) is 0. The fourth-order valence-electron chi connectivity index (χ4n) is 3.86. The zero-order chi connectivity index (χ0) is 25.3. The molecule has 2 heterocycles. The van der Waals surface area contributed by atoms with Gasteiger partial charge >= 0.3 is 5.97 Å². The van der Waals surface area contributed by atoms with Gasteiger partial charge in [-0.25, -0.2) is 14.8 Å². The highest BCUT2D eigenvalue weighted by Crippen LogP contribution is 2.49. The van der Waals surface area contributed by atoms with Crippen LogP contribution in [0, 0.1) is 10.1 Å². The molecule has 1 unspecified atom stereocenters. The van der Waals surface area contributed by atoms with Gasteiger partial charge < -0.3 is 4.74 Å². The number of para-hydroxylation sites is 3. The number of allylic oxidation sites excluding steroid dienone is 1. The largest absolute Gasteiger partial charge is 0.464 e. The number of halogens is 1. The highest BCUT2D eigenvalue weighted by Gasteiger charge is 2.53. The lowest BCUT2D eigenvalue weighted by atomic mass is 10.1. The summed E-state index contributed by atoms with van der Waals surface area (Å²) >= 11 is 4.55. The van der Waals surface area contributed by atoms with Crippen molar-refractivity contribution in [2.24, 2.45) is 10.2 Å². The van der Waals surface area contributed by atoms with Crippen LogP contribution in [0.25, 0.3) is 0 Å². The number of hydrogen-bond donors (Lipinski definition) is 0. The molecule has 5 rings (SSSR count). The van der Waals surface area contributed by atoms with E-state index in [-0.39, 0.29) is 16.4 Å². The second-order valence-electron chi connectivity index (χ2n) is 7.69. The van der Waals surface area contributed by atoms with Gasteiger partial charge in [-0.2, -0.15) is 10.2 Å². The van der Waals surface area contributed by atoms with Crippen molar-refractivity contribution < 1.29 is 14.5 Å². The van der Waals surface area contributed by atoms with Gasteiger partial charge in [-0.3, -0.25) is 10.1 Å². The van der Waals surface area contributed by atoms with Crippen molar-refractivity contribution >= 4 is 61.5 Å². The maximum Gasteiger partial charge on any atom is 0.365 e. The second-order valence-corrected chi connectivity index (χ2v) is 9.80. The highest BCUT2D eigenvalue weighted by molar-refractivity contribution is 9.10. The minimum atomic E-state index is -1.25. The monoisotopic (exact) mass is 563 g/mol. The van der Waals surface area contributed by atoms with Crippen molar-refractivity contribution in [3.8, 4) is 0 Å². The summed E-state index contributed by atoms with van der Waals surface area (Å²) in [6.07, 6.45) is 3.67. The average molecular weight is 564 g/mol. The molecule has 0 saturated carbocycles. The quantitative estimate of drug-likeness (QED) is 0.228. The molecule has 0 bridgehead atoms. The van der Waals surface area contributed by atoms with Crippen molar-refractivity contribution in [2.75, 3.05) is 17.1 Å². The Bertz CT molecular complexity index is 1430. The Hall–Kier alpha value is -3.96. The predicted molar refractivity (Wildman–Crippen MR) is 144 cm³/mol. The van der Waals surface area contributed by atoms with Crippen LogP contribution in [0.3, 0.4) is 0 Å². The van der Waals surface area contributed by atoms with Crippen molar-refractivity contribution in [1.29, 1.82) is 0 Å². The lowest BCUT2D eigenvalue weighted by Gasteiger charge is -2.43. The zero-order valence-electron chi connectivity index (χ0n) is 18.8. The summed E-state index contributed by atoms with van der Waals surface area (Å²) < 4.78 is 5.88. The number of rotatable bonds is 5. The Balaban J connectivity index is 1.71. The summed E-state index contributed by atoms with van der Waals surface area (Å²) in [5.41, 5.74) is 2.30. The van der Waals surface area contributed by atoms with E-state index in [1.165, 1.54) is 18.2 Å². The summed E-state index contributed by atoms with van der Waals surface area (Å²) in [5, 5.41) is 24.6. The minimum Gasteiger partial charge on any atom is -0.464 e. The second kappa shape index (κ2) is 9.59. The smallest absolute Gasteiger partial charge is 0.365 e. The molecule has 0 N–H and O–H groups in total. The molecule has 36 heavy (non-hydrogen) atoms. The van der Waals surface area contributed by atoms with E-state index in [1.807, 2.05) is 66.7 Å². The van der Waals surface area contributed by atoms with E-state index in [0.717, 1.165) is 21.8 Å². The zero-order valence-corrected chi connectivity index (χ0v) is 21.2. The van der Waals surface area contributed by atoms with E-state index in [4.69, 9.17) is 9.84 Å². The number of hydrogen-bond acceptors (Lipinski definition) is 9. The number of benzene rings is 3. The summed E-state index contributed by atoms with van der Waals surface area (Å²) in [4.78, 5) is 22.8. The molecule has 2 aliphatic rings. The fraction of sp³-hybridized carbons (Fsp3) is 0.0800. The molecule has 11 heteroatoms. The molecular weight excluding hydrogens is 546 g/mol. The fourth-order valence-corrected chi connectivity index (χ4v) is 5.29. The van der Waals surface area contributed by atoms with Crippen LogP contribution in [-0.4, -0.2) is 33.8 Å². The number of nitro groups is 1. The molecule has 0 radical (unpaired) electrons. The van der Waals surface area contributed by atoms with Crippen molar-refractivity contribution in [3.05, 3.63) is 111 Å². The van der Waals surface area contributed by atoms with Gasteiger partial charge in [0.25, 0.3) is 5.69 Å². The molecular formula is C25H18BrN5O4S. The molecule has 0 amide bonds. The van der Waals surface area contributed by atoms with Gasteiger partial charge in [0.15, 0.2) is 0 Å². The lowest BCUT2D eigenvalue weighted by Crippen LogP contribution is -2.54. The van der Waals surface area contributed by atoms with Crippen LogP contribution in [-0.2, 0) is 9.53 Å². The normalized spacial score (nSPS) is 18.7. The minimum absolute atomic E-state index is 0.0449. The van der Waals surface area contributed by atoms with E-state index in [2.05, 4.69) is 21.0 Å². The van der Waals surface area contributed by atoms with Crippen molar-refractivity contribution in [2.45, 2.75) is 4.99 Å². The molecule has 3 aromatic rings. The van der Waals surface area contributed by atoms with E-state index in [9.17, 15) is 14.9 Å². The Kier molecular flexibility index (Phi) is 6.33. The van der Waals surface area contributed by atoms with Crippen LogP contribution >= 0.6 is 27.7 Å². The number of anilines is 2. The maximum atomic E-state index is 12.6. The van der Waals surface area contributed by atoms with Gasteiger partial charge in [-0.15, -0.1) is 0 Å². The molecule has 0 saturated heterocycles. The average Bonchev–Trinajstić information content (AvgIpc) is 3.29. The van der Waals surface area contributed by atoms with E-state index in [0.29, 0.717) is 11.4 Å². The molecule has 0 aliphatic carbocycles. The Morgan fingerprint density at radius 3 is 2.39 bits per heavy atom. The topological polar surface area (TPSA) is 101 Å². The molecule has 0 aromatic heterocycles. The lowest BCUT2D eigenvalue weighted by molar-refractivity contribution is -0.384. The van der Waals surface area contributed by atoms with Crippen LogP contribution in [0.4, 0.5) is 17.1 Å². The molecule has 2 aliphatic heterocycles. The number of carbonyl (C=O) groups excluding carboxylic acids is 1. The van der Waals surface area contributed by atoms with Crippen LogP contribution in [0.15, 0.2) is 106 Å². The van der Waals surface area contributed by atoms with E-state index < -0.39 is 15.9 Å². The first-order valence-electron chi connectivity index (χ1n) is 10.7. The number of ether oxygens (including phenoxy) is 1. The van der Waals surface area contributed by atoms with Crippen molar-refractivity contribution in [3.63, 3.8) is 0 Å². The van der Waals surface area contributed by atoms with Crippen LogP contribution < -0.4 is 10.0 Å². The standard InChI is InChI=1S/C25H18BrN5O4S/c1-35-24(32)23-28-30(21-9-5-6-10-22(21)31(33)34)25(36-23)16-15-20(17-11-13-18(26)14-12-17)27-29(25)19-7-3-2-4-8-19/h2-16H,1H3. The third-order valence-electron chi connectivity index (χ3n) is 5.52. The summed E-state index contributed by atoms with van der Waals surface area (Å²) in [7, 11) is 1.27. The SMILES string of the molecule is COC(=O)C1=NN(c2ccccc2[N+](=O)[O-])C2(C=CC(c3ccc(Br)cc3)=NN2c2ccccc2)S1. The van der Waals surface area contributed by atoms with Crippen LogP contribution in [0.5, 0.6) is 0 Å². The van der Waals surface area contributed by atoms with Gasteiger partial charge in [0.2, 0.25) is 10.0 Å². The molecule has 0 fully saturated rings. The number of methoxy groups -OCH3 is 1. The van der Waals surface area contributed by atoms with Gasteiger partial charge in [-0.1, -0.05) is 58.4 Å². The number of thioether (sulfide) groups is 1. The third-order valence-corrected chi connectivity index (χ3v) is 7.27. The first-order valence-corrected chi connectivity index (χ1v) is 12.3. The maximum absolute atomic E-state index is 12.6.